The lowest BCUT2D eigenvalue weighted by Crippen LogP contribution is -2.36. The first-order chi connectivity index (χ1) is 13.2. The van der Waals surface area contributed by atoms with Gasteiger partial charge in [0.1, 0.15) is 0 Å². The standard InChI is InChI=1S/C21H27ClN4O/c1-23-21(25-15-19-7-2-3-8-20(19)22)24-14-17-5-4-6-18(13-17)16-26-9-11-27-12-10-26/h2-8,13H,9-12,14-16H2,1H3,(H2,23,24,25). The van der Waals surface area contributed by atoms with Crippen molar-refractivity contribution >= 4 is 17.6 Å². The number of hydrogen-bond donors (Lipinski definition) is 2. The third-order valence-electron chi connectivity index (χ3n) is 4.59. The van der Waals surface area contributed by atoms with E-state index in [0.29, 0.717) is 6.54 Å². The van der Waals surface area contributed by atoms with E-state index in [1.165, 1.54) is 11.1 Å². The maximum atomic E-state index is 6.21. The van der Waals surface area contributed by atoms with Crippen LogP contribution in [0.25, 0.3) is 0 Å². The van der Waals surface area contributed by atoms with E-state index >= 15 is 0 Å². The predicted octanol–water partition coefficient (Wildman–Crippen LogP) is 3.04. The number of rotatable bonds is 6. The summed E-state index contributed by atoms with van der Waals surface area (Å²) >= 11 is 6.21. The first kappa shape index (κ1) is 19.7. The van der Waals surface area contributed by atoms with E-state index in [-0.39, 0.29) is 0 Å². The van der Waals surface area contributed by atoms with Gasteiger partial charge in [0.05, 0.1) is 13.2 Å². The average Bonchev–Trinajstić information content (AvgIpc) is 2.70. The second-order valence-electron chi connectivity index (χ2n) is 6.58. The van der Waals surface area contributed by atoms with Gasteiger partial charge < -0.3 is 15.4 Å². The maximum Gasteiger partial charge on any atom is 0.191 e. The monoisotopic (exact) mass is 386 g/mol. The Hall–Kier alpha value is -2.08. The smallest absolute Gasteiger partial charge is 0.191 e. The molecule has 27 heavy (non-hydrogen) atoms. The molecule has 1 saturated heterocycles. The van der Waals surface area contributed by atoms with Crippen LogP contribution in [0.4, 0.5) is 0 Å². The predicted molar refractivity (Wildman–Crippen MR) is 111 cm³/mol. The minimum absolute atomic E-state index is 0.635. The summed E-state index contributed by atoms with van der Waals surface area (Å²) in [5, 5.41) is 7.44. The fourth-order valence-corrected chi connectivity index (χ4v) is 3.29. The first-order valence-electron chi connectivity index (χ1n) is 9.30. The number of benzene rings is 2. The van der Waals surface area contributed by atoms with Crippen LogP contribution >= 0.6 is 11.6 Å². The summed E-state index contributed by atoms with van der Waals surface area (Å²) in [6.07, 6.45) is 0. The van der Waals surface area contributed by atoms with Crippen molar-refractivity contribution in [1.82, 2.24) is 15.5 Å². The molecule has 1 heterocycles. The fourth-order valence-electron chi connectivity index (χ4n) is 3.08. The number of nitrogens with zero attached hydrogens (tertiary/aromatic N) is 2. The van der Waals surface area contributed by atoms with Gasteiger partial charge in [-0.1, -0.05) is 54.1 Å². The fraction of sp³-hybridized carbons (Fsp3) is 0.381. The van der Waals surface area contributed by atoms with Gasteiger partial charge in [-0.05, 0) is 22.8 Å². The van der Waals surface area contributed by atoms with E-state index in [2.05, 4.69) is 44.8 Å². The second-order valence-corrected chi connectivity index (χ2v) is 6.99. The van der Waals surface area contributed by atoms with Gasteiger partial charge in [-0.2, -0.15) is 0 Å². The SMILES string of the molecule is CN=C(NCc1cccc(CN2CCOCC2)c1)NCc1ccccc1Cl. The Kier molecular flexibility index (Phi) is 7.51. The molecule has 0 aliphatic carbocycles. The third-order valence-corrected chi connectivity index (χ3v) is 4.96. The van der Waals surface area contributed by atoms with Crippen LogP contribution in [-0.4, -0.2) is 44.2 Å². The minimum Gasteiger partial charge on any atom is -0.379 e. The number of halogens is 1. The van der Waals surface area contributed by atoms with Crippen molar-refractivity contribution < 1.29 is 4.74 Å². The van der Waals surface area contributed by atoms with Crippen LogP contribution in [0.2, 0.25) is 5.02 Å². The van der Waals surface area contributed by atoms with Crippen molar-refractivity contribution in [1.29, 1.82) is 0 Å². The summed E-state index contributed by atoms with van der Waals surface area (Å²) in [7, 11) is 1.77. The number of aliphatic imine (C=N–C) groups is 1. The molecule has 2 aromatic rings. The molecule has 2 aromatic carbocycles. The lowest BCUT2D eigenvalue weighted by molar-refractivity contribution is 0.0342. The molecule has 0 spiro atoms. The summed E-state index contributed by atoms with van der Waals surface area (Å²) in [5.74, 6) is 0.758. The summed E-state index contributed by atoms with van der Waals surface area (Å²) in [5.41, 5.74) is 3.62. The van der Waals surface area contributed by atoms with Gasteiger partial charge in [0.15, 0.2) is 5.96 Å². The van der Waals surface area contributed by atoms with Crippen molar-refractivity contribution in [3.8, 4) is 0 Å². The van der Waals surface area contributed by atoms with Crippen LogP contribution in [0.3, 0.4) is 0 Å². The van der Waals surface area contributed by atoms with E-state index in [1.807, 2.05) is 24.3 Å². The van der Waals surface area contributed by atoms with Gasteiger partial charge in [-0.15, -0.1) is 0 Å². The highest BCUT2D eigenvalue weighted by molar-refractivity contribution is 6.31. The van der Waals surface area contributed by atoms with Gasteiger partial charge in [0, 0.05) is 44.8 Å². The molecule has 0 saturated carbocycles. The Balaban J connectivity index is 1.50. The van der Waals surface area contributed by atoms with Gasteiger partial charge in [-0.25, -0.2) is 0 Å². The summed E-state index contributed by atoms with van der Waals surface area (Å²) in [6, 6.07) is 16.5. The Bertz CT molecular complexity index is 759. The van der Waals surface area contributed by atoms with Crippen LogP contribution < -0.4 is 10.6 Å². The average molecular weight is 387 g/mol. The molecular formula is C21H27ClN4O. The zero-order valence-electron chi connectivity index (χ0n) is 15.7. The Morgan fingerprint density at radius 1 is 1.04 bits per heavy atom. The molecule has 0 atom stereocenters. The van der Waals surface area contributed by atoms with Crippen molar-refractivity contribution in [3.05, 3.63) is 70.2 Å². The van der Waals surface area contributed by atoms with Crippen molar-refractivity contribution in [2.24, 2.45) is 4.99 Å². The highest BCUT2D eigenvalue weighted by Crippen LogP contribution is 2.14. The number of guanidine groups is 1. The molecule has 2 N–H and O–H groups in total. The summed E-state index contributed by atoms with van der Waals surface area (Å²) in [4.78, 5) is 6.72. The molecule has 0 radical (unpaired) electrons. The molecule has 0 amide bonds. The van der Waals surface area contributed by atoms with E-state index in [4.69, 9.17) is 16.3 Å². The Morgan fingerprint density at radius 3 is 2.56 bits per heavy atom. The largest absolute Gasteiger partial charge is 0.379 e. The molecule has 3 rings (SSSR count). The van der Waals surface area contributed by atoms with Gasteiger partial charge in [0.2, 0.25) is 0 Å². The normalized spacial score (nSPS) is 15.6. The molecule has 1 fully saturated rings. The van der Waals surface area contributed by atoms with Gasteiger partial charge in [-0.3, -0.25) is 9.89 Å². The van der Waals surface area contributed by atoms with E-state index in [9.17, 15) is 0 Å². The lowest BCUT2D eigenvalue weighted by Gasteiger charge is -2.26. The van der Waals surface area contributed by atoms with Gasteiger partial charge >= 0.3 is 0 Å². The Morgan fingerprint density at radius 2 is 1.78 bits per heavy atom. The van der Waals surface area contributed by atoms with Crippen molar-refractivity contribution in [2.75, 3.05) is 33.4 Å². The third kappa shape index (κ3) is 6.24. The molecule has 6 heteroatoms. The zero-order valence-corrected chi connectivity index (χ0v) is 16.5. The molecule has 0 bridgehead atoms. The minimum atomic E-state index is 0.635. The molecule has 144 valence electrons. The number of nitrogens with one attached hydrogen (secondary N) is 2. The topological polar surface area (TPSA) is 48.9 Å². The number of hydrogen-bond acceptors (Lipinski definition) is 3. The van der Waals surface area contributed by atoms with Crippen LogP contribution in [-0.2, 0) is 24.4 Å². The van der Waals surface area contributed by atoms with Gasteiger partial charge in [0.25, 0.3) is 0 Å². The summed E-state index contributed by atoms with van der Waals surface area (Å²) < 4.78 is 5.42. The quantitative estimate of drug-likeness (QED) is 0.591. The lowest BCUT2D eigenvalue weighted by atomic mass is 10.1. The van der Waals surface area contributed by atoms with Crippen LogP contribution in [0.15, 0.2) is 53.5 Å². The second kappa shape index (κ2) is 10.3. The molecule has 5 nitrogen and oxygen atoms in total. The van der Waals surface area contributed by atoms with Crippen LogP contribution in [0, 0.1) is 0 Å². The molecule has 1 aliphatic rings. The summed E-state index contributed by atoms with van der Waals surface area (Å²) in [6.45, 7) is 5.98. The molecular weight excluding hydrogens is 360 g/mol. The van der Waals surface area contributed by atoms with Crippen molar-refractivity contribution in [2.45, 2.75) is 19.6 Å². The molecule has 0 unspecified atom stereocenters. The van der Waals surface area contributed by atoms with E-state index < -0.39 is 0 Å². The zero-order chi connectivity index (χ0) is 18.9. The van der Waals surface area contributed by atoms with E-state index in [1.54, 1.807) is 7.05 Å². The Labute approximate surface area is 166 Å². The first-order valence-corrected chi connectivity index (χ1v) is 9.68. The van der Waals surface area contributed by atoms with Crippen molar-refractivity contribution in [3.63, 3.8) is 0 Å². The number of morpholine rings is 1. The molecule has 0 aromatic heterocycles. The molecule has 1 aliphatic heterocycles. The van der Waals surface area contributed by atoms with Crippen LogP contribution in [0.5, 0.6) is 0 Å². The highest BCUT2D eigenvalue weighted by Gasteiger charge is 2.10. The maximum absolute atomic E-state index is 6.21. The van der Waals surface area contributed by atoms with Crippen LogP contribution in [0.1, 0.15) is 16.7 Å². The highest BCUT2D eigenvalue weighted by atomic mass is 35.5. The number of ether oxygens (including phenoxy) is 1. The van der Waals surface area contributed by atoms with E-state index in [0.717, 1.165) is 55.9 Å².